The van der Waals surface area contributed by atoms with Crippen molar-refractivity contribution in [3.63, 3.8) is 0 Å². The normalized spacial score (nSPS) is 15.9. The second kappa shape index (κ2) is 22.0. The van der Waals surface area contributed by atoms with Crippen molar-refractivity contribution in [2.75, 3.05) is 34.2 Å². The summed E-state index contributed by atoms with van der Waals surface area (Å²) in [6, 6.07) is 5.62. The molecule has 22 heteroatoms. The van der Waals surface area contributed by atoms with E-state index in [4.69, 9.17) is 32.9 Å². The minimum atomic E-state index is -6.09. The summed E-state index contributed by atoms with van der Waals surface area (Å²) in [5.74, 6) is -0.0572. The molecule has 3 aromatic heterocycles. The van der Waals surface area contributed by atoms with Crippen LogP contribution in [0.4, 0.5) is 13.2 Å². The van der Waals surface area contributed by atoms with Gasteiger partial charge >= 0.3 is 11.4 Å². The number of hydrogen-bond acceptors (Lipinski definition) is 10. The van der Waals surface area contributed by atoms with Gasteiger partial charge in [0.15, 0.2) is 22.4 Å². The number of rotatable bonds is 5. The zero-order valence-corrected chi connectivity index (χ0v) is 29.1. The van der Waals surface area contributed by atoms with Gasteiger partial charge in [0.05, 0.1) is 13.3 Å². The van der Waals surface area contributed by atoms with Gasteiger partial charge in [0.25, 0.3) is 13.3 Å². The number of carbonyl (C=O) groups excluding carboxylic acids is 1. The van der Waals surface area contributed by atoms with Crippen LogP contribution in [0.1, 0.15) is 6.92 Å². The summed E-state index contributed by atoms with van der Waals surface area (Å²) in [5, 5.41) is 12.7. The first-order valence-corrected chi connectivity index (χ1v) is 15.9. The first-order chi connectivity index (χ1) is 20.1. The Morgan fingerprint density at radius 3 is 1.55 bits per heavy atom. The van der Waals surface area contributed by atoms with Crippen LogP contribution in [-0.4, -0.2) is 118 Å². The van der Waals surface area contributed by atoms with Crippen LogP contribution in [0.25, 0.3) is 0 Å². The van der Waals surface area contributed by atoms with E-state index in [9.17, 15) is 18.0 Å². The Hall–Kier alpha value is -2.63. The van der Waals surface area contributed by atoms with Crippen molar-refractivity contribution in [2.24, 2.45) is 0 Å². The first kappa shape index (κ1) is 43.5. The maximum Gasteiger partial charge on any atom is 0.485 e. The molecule has 0 aliphatic carbocycles. The van der Waals surface area contributed by atoms with Gasteiger partial charge in [-0.15, -0.1) is 17.4 Å². The molecule has 4 rings (SSSR count). The second-order valence-corrected chi connectivity index (χ2v) is 12.4. The molecule has 0 fully saturated rings. The maximum absolute atomic E-state index is 11.2. The predicted octanol–water partition coefficient (Wildman–Crippen LogP) is 1.19. The summed E-state index contributed by atoms with van der Waals surface area (Å²) in [6.07, 6.45) is 15.6. The number of carbonyl (C=O) groups is 1. The third-order valence-electron chi connectivity index (χ3n) is 4.55. The number of aromatic nitrogens is 6. The third kappa shape index (κ3) is 15.4. The minimum absolute atomic E-state index is 0. The zero-order valence-electron chi connectivity index (χ0n) is 24.5. The van der Waals surface area contributed by atoms with Gasteiger partial charge in [-0.2, -0.15) is 13.2 Å². The van der Waals surface area contributed by atoms with E-state index in [-0.39, 0.29) is 46.4 Å². The zero-order chi connectivity index (χ0) is 33.2. The van der Waals surface area contributed by atoms with E-state index in [1.54, 1.807) is 59.2 Å². The molecular weight excluding hydrogens is 803 g/mol. The number of methoxy groups -OCH3 is 2. The number of amides is 1. The Morgan fingerprint density at radius 2 is 1.32 bits per heavy atom. The van der Waals surface area contributed by atoms with Crippen molar-refractivity contribution in [1.29, 1.82) is 0 Å². The smallest absolute Gasteiger partial charge is 0.485 e. The molecule has 0 spiro atoms. The van der Waals surface area contributed by atoms with Gasteiger partial charge in [-0.1, -0.05) is 0 Å². The van der Waals surface area contributed by atoms with E-state index in [0.29, 0.717) is 7.92 Å². The molecule has 244 valence electrons. The van der Waals surface area contributed by atoms with Crippen LogP contribution in [0.15, 0.2) is 55.4 Å². The Bertz CT molecular complexity index is 1220. The third-order valence-corrected chi connectivity index (χ3v) is 5.11. The molecule has 0 saturated heterocycles. The fourth-order valence-electron chi connectivity index (χ4n) is 2.93. The van der Waals surface area contributed by atoms with Gasteiger partial charge in [-0.25, -0.2) is 28.5 Å². The van der Waals surface area contributed by atoms with Crippen molar-refractivity contribution >= 4 is 37.3 Å². The van der Waals surface area contributed by atoms with Crippen molar-refractivity contribution in [1.82, 2.24) is 34.7 Å². The molecule has 15 nitrogen and oxygen atoms in total. The Balaban J connectivity index is 0. The molecule has 0 aromatic carbocycles. The summed E-state index contributed by atoms with van der Waals surface area (Å²) in [5.41, 5.74) is 0.104. The minimum Gasteiger partial charge on any atom is -0.741 e. The fraction of sp³-hybridized carbons (Fsp3) is 0.409. The van der Waals surface area contributed by atoms with Crippen LogP contribution < -0.4 is 5.59 Å². The molecule has 2 atom stereocenters. The molecule has 4 radical (unpaired) electrons. The number of nitrogens with zero attached hydrogens (tertiary/aromatic N) is 8. The van der Waals surface area contributed by atoms with Crippen molar-refractivity contribution in [2.45, 2.75) is 24.8 Å². The molecule has 44 heavy (non-hydrogen) atoms. The quantitative estimate of drug-likeness (QED) is 0.119. The number of hydrogen-bond donors (Lipinski definition) is 0. The standard InChI is InChI=1S/C9H9BN6.C9H14NO3.C3H9P.CHF3O3S.NO.W/c1-4-11-14(7-1)10(15-8-2-5-12-15)16-9-3-6-13-16;1-7(11)10-6-4-5-8(12-2)9(10)13-3;1-4(2)3;2-1(3,4)8(5,6)7;1-2;/h1-9H;4-6,8-9H,1-3H3;1-3H3;(H,5,6,7);;/q-1;+1;;;;/p-1/t;8-,9-;;;;/m.1..../s1. The molecule has 0 N–H and O–H groups in total. The largest absolute Gasteiger partial charge is 0.741 e. The Labute approximate surface area is 269 Å². The molecule has 3 aromatic rings. The van der Waals surface area contributed by atoms with E-state index in [1.165, 1.54) is 11.5 Å². The Morgan fingerprint density at radius 1 is 0.955 bits per heavy atom. The average molecular weight is 835 g/mol. The van der Waals surface area contributed by atoms with Gasteiger partial charge < -0.3 is 27.8 Å². The monoisotopic (exact) mass is 835 g/mol. The van der Waals surface area contributed by atoms with Crippen LogP contribution in [0, 0.1) is 17.7 Å². The van der Waals surface area contributed by atoms with Gasteiger partial charge in [-0.3, -0.25) is 0 Å². The van der Waals surface area contributed by atoms with E-state index in [0.717, 1.165) is 0 Å². The number of nitroso groups, excluding NO2 is 1. The maximum atomic E-state index is 11.2. The topological polar surface area (TPSA) is 189 Å². The average Bonchev–Trinajstić information content (AvgIpc) is 3.74. The molecular formula is C22H32BF3N8O7PSW-. The molecule has 1 aliphatic rings. The summed E-state index contributed by atoms with van der Waals surface area (Å²) in [4.78, 5) is 18.4. The van der Waals surface area contributed by atoms with Crippen molar-refractivity contribution in [3.05, 3.63) is 73.1 Å². The first-order valence-electron chi connectivity index (χ1n) is 11.8. The van der Waals surface area contributed by atoms with E-state index in [2.05, 4.69) is 35.3 Å². The number of halogens is 3. The Kier molecular flexibility index (Phi) is 21.7. The number of alkyl halides is 3. The molecule has 0 bridgehead atoms. The van der Waals surface area contributed by atoms with Crippen LogP contribution in [0.3, 0.4) is 0 Å². The second-order valence-electron chi connectivity index (χ2n) is 8.33. The van der Waals surface area contributed by atoms with Crippen LogP contribution >= 0.6 is 7.92 Å². The molecule has 1 aliphatic heterocycles. The van der Waals surface area contributed by atoms with Gasteiger partial charge in [0.2, 0.25) is 0 Å². The van der Waals surface area contributed by atoms with Crippen LogP contribution in [0.5, 0.6) is 0 Å². The summed E-state index contributed by atoms with van der Waals surface area (Å²) in [6.45, 7) is 8.19. The molecule has 0 unspecified atom stereocenters. The van der Waals surface area contributed by atoms with Gasteiger partial charge in [0.1, 0.15) is 5.59 Å². The van der Waals surface area contributed by atoms with E-state index < -0.39 is 15.6 Å². The van der Waals surface area contributed by atoms with Gasteiger partial charge in [-0.05, 0) is 56.8 Å². The van der Waals surface area contributed by atoms with Crippen LogP contribution in [0.2, 0.25) is 0 Å². The summed E-state index contributed by atoms with van der Waals surface area (Å²) < 4.78 is 76.1. The molecule has 0 saturated carbocycles. The van der Waals surface area contributed by atoms with E-state index >= 15 is 0 Å². The fourth-order valence-corrected chi connectivity index (χ4v) is 2.93. The summed E-state index contributed by atoms with van der Waals surface area (Å²) in [7, 11) is -2.76. The van der Waals surface area contributed by atoms with Crippen LogP contribution in [-0.2, 0) is 45.5 Å². The molecule has 4 heterocycles. The van der Waals surface area contributed by atoms with Gasteiger partial charge in [0, 0.05) is 60.3 Å². The number of ether oxygens (including phenoxy) is 2. The molecule has 1 amide bonds. The van der Waals surface area contributed by atoms with Crippen molar-refractivity contribution < 1.29 is 66.1 Å². The van der Waals surface area contributed by atoms with E-state index in [1.807, 2.05) is 43.2 Å². The van der Waals surface area contributed by atoms with Crippen molar-refractivity contribution in [3.8, 4) is 0 Å². The summed E-state index contributed by atoms with van der Waals surface area (Å²) >= 11 is 0. The SMILES string of the molecule is CO[C@@H]1[C@H](OC)[CH][CH]C=[N+]1C(C)=O.CP(C)C.O=S(=O)([O-])C(F)(F)F.[N]=O.[W].c1cnn([B-](n2cccn2)n2cccn2)c1. The predicted molar refractivity (Wildman–Crippen MR) is 152 cm³/mol.